The lowest BCUT2D eigenvalue weighted by Gasteiger charge is -2.06. The third-order valence-electron chi connectivity index (χ3n) is 5.37. The molecule has 0 fully saturated rings. The number of amides is 1. The summed E-state index contributed by atoms with van der Waals surface area (Å²) in [6.45, 7) is 2.00. The molecule has 0 spiro atoms. The largest absolute Gasteiger partial charge is 0.507 e. The molecule has 8 nitrogen and oxygen atoms in total. The van der Waals surface area contributed by atoms with Crippen molar-refractivity contribution in [2.24, 2.45) is 0 Å². The van der Waals surface area contributed by atoms with Crippen LogP contribution in [0.25, 0.3) is 33.8 Å². The first kappa shape index (κ1) is 24.0. The van der Waals surface area contributed by atoms with Crippen molar-refractivity contribution in [2.45, 2.75) is 26.2 Å². The number of hydrogen-bond donors (Lipinski definition) is 2. The van der Waals surface area contributed by atoms with Crippen molar-refractivity contribution < 1.29 is 19.2 Å². The Bertz CT molecular complexity index is 1380. The number of rotatable bonds is 8. The van der Waals surface area contributed by atoms with E-state index in [2.05, 4.69) is 10.3 Å². The zero-order chi connectivity index (χ0) is 24.9. The predicted molar refractivity (Wildman–Crippen MR) is 134 cm³/mol. The average molecular weight is 492 g/mol. The number of aromatic hydroxyl groups is 1. The van der Waals surface area contributed by atoms with Gasteiger partial charge in [-0.15, -0.1) is 0 Å². The molecule has 0 unspecified atom stereocenters. The molecule has 178 valence electrons. The SMILES string of the molecule is CCCCC(=O)Nc1oc(-c2ccc(-c3cccc([N+](=O)[O-])c3)cc2O)nc1-c1ccc(Cl)cc1. The van der Waals surface area contributed by atoms with Crippen molar-refractivity contribution in [2.75, 3.05) is 5.32 Å². The van der Waals surface area contributed by atoms with E-state index in [1.54, 1.807) is 48.5 Å². The number of benzene rings is 3. The zero-order valence-corrected chi connectivity index (χ0v) is 19.6. The molecular weight excluding hydrogens is 470 g/mol. The Balaban J connectivity index is 1.71. The van der Waals surface area contributed by atoms with Crippen LogP contribution in [-0.4, -0.2) is 20.9 Å². The third kappa shape index (κ3) is 5.50. The second kappa shape index (κ2) is 10.4. The van der Waals surface area contributed by atoms with Gasteiger partial charge < -0.3 is 9.52 Å². The number of nitrogens with one attached hydrogen (secondary N) is 1. The number of hydrogen-bond acceptors (Lipinski definition) is 6. The summed E-state index contributed by atoms with van der Waals surface area (Å²) in [6, 6.07) is 17.9. The van der Waals surface area contributed by atoms with Crippen LogP contribution >= 0.6 is 11.6 Å². The number of carbonyl (C=O) groups excluding carboxylic acids is 1. The summed E-state index contributed by atoms with van der Waals surface area (Å²) in [4.78, 5) is 27.5. The molecule has 0 atom stereocenters. The van der Waals surface area contributed by atoms with E-state index in [0.717, 1.165) is 12.8 Å². The van der Waals surface area contributed by atoms with E-state index in [0.29, 0.717) is 39.4 Å². The predicted octanol–water partition coefficient (Wildman–Crippen LogP) is 7.07. The Labute approximate surface area is 206 Å². The normalized spacial score (nSPS) is 10.8. The van der Waals surface area contributed by atoms with E-state index < -0.39 is 4.92 Å². The van der Waals surface area contributed by atoms with E-state index in [1.165, 1.54) is 18.2 Å². The molecule has 4 aromatic rings. The minimum absolute atomic E-state index is 0.0465. The van der Waals surface area contributed by atoms with Crippen LogP contribution in [0.2, 0.25) is 5.02 Å². The molecule has 0 saturated carbocycles. The van der Waals surface area contributed by atoms with Crippen LogP contribution in [0.15, 0.2) is 71.1 Å². The summed E-state index contributed by atoms with van der Waals surface area (Å²) in [5.41, 5.74) is 2.52. The maximum Gasteiger partial charge on any atom is 0.270 e. The van der Waals surface area contributed by atoms with Crippen LogP contribution in [-0.2, 0) is 4.79 Å². The van der Waals surface area contributed by atoms with Gasteiger partial charge in [-0.2, -0.15) is 0 Å². The van der Waals surface area contributed by atoms with Gasteiger partial charge >= 0.3 is 0 Å². The summed E-state index contributed by atoms with van der Waals surface area (Å²) >= 11 is 6.01. The molecule has 0 aliphatic carbocycles. The van der Waals surface area contributed by atoms with Crippen LogP contribution < -0.4 is 5.32 Å². The smallest absolute Gasteiger partial charge is 0.270 e. The van der Waals surface area contributed by atoms with E-state index in [4.69, 9.17) is 16.0 Å². The molecule has 0 aliphatic rings. The van der Waals surface area contributed by atoms with Gasteiger partial charge in [0.1, 0.15) is 11.4 Å². The van der Waals surface area contributed by atoms with Gasteiger partial charge in [0.2, 0.25) is 17.7 Å². The van der Waals surface area contributed by atoms with E-state index >= 15 is 0 Å². The van der Waals surface area contributed by atoms with Crippen molar-refractivity contribution in [1.82, 2.24) is 4.98 Å². The molecule has 3 aromatic carbocycles. The summed E-state index contributed by atoms with van der Waals surface area (Å²) in [6.07, 6.45) is 1.96. The maximum absolute atomic E-state index is 12.4. The summed E-state index contributed by atoms with van der Waals surface area (Å²) in [5, 5.41) is 25.2. The Morgan fingerprint density at radius 1 is 1.09 bits per heavy atom. The fourth-order valence-electron chi connectivity index (χ4n) is 3.54. The number of nitro groups is 1. The van der Waals surface area contributed by atoms with Crippen LogP contribution in [0.1, 0.15) is 26.2 Å². The second-order valence-electron chi connectivity index (χ2n) is 7.89. The highest BCUT2D eigenvalue weighted by atomic mass is 35.5. The van der Waals surface area contributed by atoms with E-state index in [9.17, 15) is 20.0 Å². The van der Waals surface area contributed by atoms with Gasteiger partial charge in [0, 0.05) is 29.1 Å². The Kier molecular flexibility index (Phi) is 7.12. The van der Waals surface area contributed by atoms with Crippen LogP contribution in [0, 0.1) is 10.1 Å². The number of anilines is 1. The fourth-order valence-corrected chi connectivity index (χ4v) is 3.67. The molecule has 4 rings (SSSR count). The highest BCUT2D eigenvalue weighted by Gasteiger charge is 2.21. The van der Waals surface area contributed by atoms with Crippen molar-refractivity contribution in [3.63, 3.8) is 0 Å². The Morgan fingerprint density at radius 2 is 1.80 bits per heavy atom. The molecular formula is C26H22ClN3O5. The number of carbonyl (C=O) groups is 1. The number of phenolic OH excluding ortho intramolecular Hbond substituents is 1. The number of aromatic nitrogens is 1. The summed E-state index contributed by atoms with van der Waals surface area (Å²) in [7, 11) is 0. The number of nitrogens with zero attached hydrogens (tertiary/aromatic N) is 2. The van der Waals surface area contributed by atoms with Gasteiger partial charge in [0.25, 0.3) is 5.69 Å². The van der Waals surface area contributed by atoms with Gasteiger partial charge in [0.15, 0.2) is 0 Å². The maximum atomic E-state index is 12.4. The standard InChI is InChI=1S/C26H22ClN3O5/c1-2-3-7-23(32)28-26-24(16-8-11-19(27)12-9-16)29-25(35-26)21-13-10-18(15-22(21)31)17-5-4-6-20(14-17)30(33)34/h4-6,8-15,31H,2-3,7H2,1H3,(H,28,32). The lowest BCUT2D eigenvalue weighted by Crippen LogP contribution is -2.11. The summed E-state index contributed by atoms with van der Waals surface area (Å²) in [5.74, 6) is -0.0359. The first-order valence-electron chi connectivity index (χ1n) is 11.0. The van der Waals surface area contributed by atoms with E-state index in [-0.39, 0.29) is 29.1 Å². The number of non-ortho nitro benzene ring substituents is 1. The molecule has 9 heteroatoms. The number of halogens is 1. The van der Waals surface area contributed by atoms with Crippen molar-refractivity contribution in [1.29, 1.82) is 0 Å². The molecule has 2 N–H and O–H groups in total. The van der Waals surface area contributed by atoms with Gasteiger partial charge in [-0.3, -0.25) is 20.2 Å². The molecule has 0 radical (unpaired) electrons. The van der Waals surface area contributed by atoms with Crippen LogP contribution in [0.5, 0.6) is 5.75 Å². The van der Waals surface area contributed by atoms with Crippen LogP contribution in [0.4, 0.5) is 11.6 Å². The Hall–Kier alpha value is -4.17. The van der Waals surface area contributed by atoms with Crippen molar-refractivity contribution in [3.8, 4) is 39.6 Å². The summed E-state index contributed by atoms with van der Waals surface area (Å²) < 4.78 is 5.89. The third-order valence-corrected chi connectivity index (χ3v) is 5.63. The molecule has 0 bridgehead atoms. The molecule has 1 aromatic heterocycles. The minimum Gasteiger partial charge on any atom is -0.507 e. The number of oxazole rings is 1. The molecule has 0 aliphatic heterocycles. The minimum atomic E-state index is -0.473. The second-order valence-corrected chi connectivity index (χ2v) is 8.33. The van der Waals surface area contributed by atoms with Crippen molar-refractivity contribution >= 4 is 29.1 Å². The quantitative estimate of drug-likeness (QED) is 0.201. The number of unbranched alkanes of at least 4 members (excludes halogenated alkanes) is 1. The van der Waals surface area contributed by atoms with Gasteiger partial charge in [-0.05, 0) is 41.8 Å². The van der Waals surface area contributed by atoms with Crippen LogP contribution in [0.3, 0.4) is 0 Å². The first-order chi connectivity index (χ1) is 16.9. The molecule has 0 saturated heterocycles. The van der Waals surface area contributed by atoms with Gasteiger partial charge in [0.05, 0.1) is 10.5 Å². The van der Waals surface area contributed by atoms with Gasteiger partial charge in [-0.25, -0.2) is 4.98 Å². The molecule has 35 heavy (non-hydrogen) atoms. The zero-order valence-electron chi connectivity index (χ0n) is 18.8. The lowest BCUT2D eigenvalue weighted by atomic mass is 10.0. The topological polar surface area (TPSA) is 118 Å². The van der Waals surface area contributed by atoms with E-state index in [1.807, 2.05) is 6.92 Å². The van der Waals surface area contributed by atoms with Gasteiger partial charge in [-0.1, -0.05) is 55.3 Å². The first-order valence-corrected chi connectivity index (χ1v) is 11.4. The number of nitro benzene ring substituents is 1. The molecule has 1 amide bonds. The average Bonchev–Trinajstić information content (AvgIpc) is 3.26. The molecule has 1 heterocycles. The fraction of sp³-hybridized carbons (Fsp3) is 0.154. The lowest BCUT2D eigenvalue weighted by molar-refractivity contribution is -0.384. The highest BCUT2D eigenvalue weighted by molar-refractivity contribution is 6.30. The number of phenols is 1. The monoisotopic (exact) mass is 491 g/mol. The highest BCUT2D eigenvalue weighted by Crippen LogP contribution is 2.38. The Morgan fingerprint density at radius 3 is 2.49 bits per heavy atom. The van der Waals surface area contributed by atoms with Crippen molar-refractivity contribution in [3.05, 3.63) is 81.9 Å².